The summed E-state index contributed by atoms with van der Waals surface area (Å²) in [5.41, 5.74) is -1.36. The highest BCUT2D eigenvalue weighted by atomic mass is 32.2. The number of nitrogens with one attached hydrogen (secondary N) is 1. The van der Waals surface area contributed by atoms with E-state index < -0.39 is 15.7 Å². The number of unbranched alkanes of at least 4 members (excludes halogenated alkanes) is 2. The molecule has 0 aromatic heterocycles. The third-order valence-corrected chi connectivity index (χ3v) is 2.47. The fourth-order valence-corrected chi connectivity index (χ4v) is 1.57. The molecule has 0 aromatic carbocycles. The van der Waals surface area contributed by atoms with Crippen LogP contribution in [0.1, 0.15) is 32.6 Å². The van der Waals surface area contributed by atoms with Gasteiger partial charge in [-0.1, -0.05) is 12.8 Å². The van der Waals surface area contributed by atoms with Crippen molar-refractivity contribution in [1.82, 2.24) is 4.72 Å². The molecule has 0 saturated heterocycles. The summed E-state index contributed by atoms with van der Waals surface area (Å²) in [5.74, 6) is 0. The molecule has 0 aromatic rings. The Morgan fingerprint density at radius 2 is 1.93 bits per heavy atom. The first-order chi connectivity index (χ1) is 6.21. The van der Waals surface area contributed by atoms with Crippen molar-refractivity contribution in [2.45, 2.75) is 38.3 Å². The van der Waals surface area contributed by atoms with Crippen molar-refractivity contribution in [2.75, 3.05) is 12.8 Å². The predicted molar refractivity (Wildman–Crippen MR) is 56.2 cm³/mol. The second-order valence-corrected chi connectivity index (χ2v) is 5.72. The number of rotatable bonds is 7. The smallest absolute Gasteiger partial charge is 0.208 e. The van der Waals surface area contributed by atoms with Crippen molar-refractivity contribution >= 4 is 10.0 Å². The maximum atomic E-state index is 12.9. The first-order valence-electron chi connectivity index (χ1n) is 4.70. The van der Waals surface area contributed by atoms with Crippen LogP contribution in [0.4, 0.5) is 4.39 Å². The predicted octanol–water partition coefficient (Wildman–Crippen LogP) is 1.66. The highest BCUT2D eigenvalue weighted by Crippen LogP contribution is 2.17. The molecule has 0 fully saturated rings. The Morgan fingerprint density at radius 3 is 2.36 bits per heavy atom. The molecule has 1 unspecified atom stereocenters. The van der Waals surface area contributed by atoms with Gasteiger partial charge in [0, 0.05) is 6.54 Å². The fraction of sp³-hybridized carbons (Fsp3) is 0.889. The van der Waals surface area contributed by atoms with Gasteiger partial charge in [0.1, 0.15) is 5.67 Å². The normalized spacial score (nSPS) is 13.1. The highest BCUT2D eigenvalue weighted by molar-refractivity contribution is 7.88. The van der Waals surface area contributed by atoms with Crippen LogP contribution in [0.3, 0.4) is 0 Å². The molecule has 1 atom stereocenters. The van der Waals surface area contributed by atoms with Crippen LogP contribution in [0, 0.1) is 6.92 Å². The molecule has 85 valence electrons. The Bertz CT molecular complexity index is 244. The number of sulfonamides is 1. The maximum Gasteiger partial charge on any atom is 0.208 e. The third-order valence-electron chi connectivity index (χ3n) is 1.74. The Morgan fingerprint density at radius 1 is 1.36 bits per heavy atom. The Labute approximate surface area is 86.1 Å². The summed E-state index contributed by atoms with van der Waals surface area (Å²) in [6.07, 6.45) is 3.84. The van der Waals surface area contributed by atoms with Crippen LogP contribution in [0.25, 0.3) is 0 Å². The molecule has 0 spiro atoms. The van der Waals surface area contributed by atoms with E-state index >= 15 is 0 Å². The Hall–Kier alpha value is -0.160. The lowest BCUT2D eigenvalue weighted by Crippen LogP contribution is -2.23. The van der Waals surface area contributed by atoms with E-state index in [4.69, 9.17) is 0 Å². The first kappa shape index (κ1) is 13.8. The summed E-state index contributed by atoms with van der Waals surface area (Å²) in [4.78, 5) is 0. The molecule has 0 bridgehead atoms. The van der Waals surface area contributed by atoms with E-state index in [1.165, 1.54) is 6.92 Å². The van der Waals surface area contributed by atoms with Crippen LogP contribution >= 0.6 is 0 Å². The Kier molecular flexibility index (Phi) is 5.59. The summed E-state index contributed by atoms with van der Waals surface area (Å²) in [7, 11) is -3.08. The lowest BCUT2D eigenvalue weighted by Gasteiger charge is -2.12. The molecule has 3 nitrogen and oxygen atoms in total. The van der Waals surface area contributed by atoms with Gasteiger partial charge in [0.05, 0.1) is 6.26 Å². The van der Waals surface area contributed by atoms with Gasteiger partial charge >= 0.3 is 0 Å². The van der Waals surface area contributed by atoms with E-state index in [1.807, 2.05) is 0 Å². The van der Waals surface area contributed by atoms with E-state index in [-0.39, 0.29) is 0 Å². The maximum absolute atomic E-state index is 12.9. The van der Waals surface area contributed by atoms with E-state index in [0.717, 1.165) is 25.5 Å². The van der Waals surface area contributed by atoms with Crippen molar-refractivity contribution in [3.05, 3.63) is 6.92 Å². The monoisotopic (exact) mass is 224 g/mol. The molecule has 0 aliphatic heterocycles. The molecule has 5 heteroatoms. The third kappa shape index (κ3) is 11.8. The number of hydrogen-bond donors (Lipinski definition) is 1. The second kappa shape index (κ2) is 5.66. The van der Waals surface area contributed by atoms with E-state index in [1.54, 1.807) is 0 Å². The quantitative estimate of drug-likeness (QED) is 0.668. The standard InChI is InChI=1S/C9H19FNO2S/c1-9(2,10)7-5-4-6-8-11-14(3,12)13/h11H,1,4-8H2,2-3H3. The average molecular weight is 224 g/mol. The zero-order chi connectivity index (χ0) is 11.2. The van der Waals surface area contributed by atoms with E-state index in [0.29, 0.717) is 13.0 Å². The largest absolute Gasteiger partial charge is 0.244 e. The van der Waals surface area contributed by atoms with Crippen LogP contribution in [0.2, 0.25) is 0 Å². The van der Waals surface area contributed by atoms with Gasteiger partial charge in [0.2, 0.25) is 10.0 Å². The van der Waals surface area contributed by atoms with E-state index in [9.17, 15) is 12.8 Å². The van der Waals surface area contributed by atoms with Gasteiger partial charge in [-0.05, 0) is 26.7 Å². The molecule has 0 amide bonds. The summed E-state index contributed by atoms with van der Waals surface area (Å²) in [6.45, 7) is 5.23. The lowest BCUT2D eigenvalue weighted by atomic mass is 10.0. The van der Waals surface area contributed by atoms with Gasteiger partial charge in [-0.3, -0.25) is 0 Å². The number of hydrogen-bond acceptors (Lipinski definition) is 2. The molecule has 0 saturated carbocycles. The minimum atomic E-state index is -3.08. The van der Waals surface area contributed by atoms with Gasteiger partial charge in [-0.15, -0.1) is 0 Å². The topological polar surface area (TPSA) is 46.2 Å². The van der Waals surface area contributed by atoms with Gasteiger partial charge in [-0.2, -0.15) is 0 Å². The van der Waals surface area contributed by atoms with Crippen molar-refractivity contribution in [2.24, 2.45) is 0 Å². The summed E-state index contributed by atoms with van der Waals surface area (Å²) >= 11 is 0. The van der Waals surface area contributed by atoms with Gasteiger partial charge in [0.25, 0.3) is 0 Å². The number of halogens is 1. The fourth-order valence-electron chi connectivity index (χ4n) is 1.05. The molecule has 1 radical (unpaired) electrons. The summed E-state index contributed by atoms with van der Waals surface area (Å²) in [6, 6.07) is 0. The number of alkyl halides is 1. The first-order valence-corrected chi connectivity index (χ1v) is 6.59. The summed E-state index contributed by atoms with van der Waals surface area (Å²) < 4.78 is 36.5. The van der Waals surface area contributed by atoms with Gasteiger partial charge in [-0.25, -0.2) is 17.5 Å². The van der Waals surface area contributed by atoms with Crippen molar-refractivity contribution in [1.29, 1.82) is 0 Å². The van der Waals surface area contributed by atoms with Crippen LogP contribution in [-0.2, 0) is 10.0 Å². The molecule has 0 rings (SSSR count). The minimum Gasteiger partial charge on any atom is -0.244 e. The zero-order valence-electron chi connectivity index (χ0n) is 8.85. The molecule has 1 N–H and O–H groups in total. The van der Waals surface area contributed by atoms with Crippen LogP contribution in [0.15, 0.2) is 0 Å². The minimum absolute atomic E-state index is 0.422. The highest BCUT2D eigenvalue weighted by Gasteiger charge is 2.14. The van der Waals surface area contributed by atoms with Crippen molar-refractivity contribution < 1.29 is 12.8 Å². The van der Waals surface area contributed by atoms with Crippen LogP contribution < -0.4 is 4.72 Å². The molecule has 0 aliphatic carbocycles. The molecular formula is C9H19FNO2S. The van der Waals surface area contributed by atoms with Gasteiger partial charge in [0.15, 0.2) is 0 Å². The average Bonchev–Trinajstić information content (AvgIpc) is 1.92. The van der Waals surface area contributed by atoms with Crippen LogP contribution in [-0.4, -0.2) is 26.9 Å². The van der Waals surface area contributed by atoms with Crippen LogP contribution in [0.5, 0.6) is 0 Å². The molecular weight excluding hydrogens is 205 g/mol. The lowest BCUT2D eigenvalue weighted by molar-refractivity contribution is 0.230. The molecule has 14 heavy (non-hydrogen) atoms. The Balaban J connectivity index is 3.32. The van der Waals surface area contributed by atoms with Crippen molar-refractivity contribution in [3.63, 3.8) is 0 Å². The molecule has 0 aliphatic rings. The zero-order valence-corrected chi connectivity index (χ0v) is 9.66. The SMILES string of the molecule is [CH2]C(C)(F)CCCCCNS(C)(=O)=O. The van der Waals surface area contributed by atoms with E-state index in [2.05, 4.69) is 11.6 Å². The summed E-state index contributed by atoms with van der Waals surface area (Å²) in [5, 5.41) is 0. The van der Waals surface area contributed by atoms with Gasteiger partial charge < -0.3 is 0 Å². The second-order valence-electron chi connectivity index (χ2n) is 3.89. The molecule has 0 heterocycles. The van der Waals surface area contributed by atoms with Crippen molar-refractivity contribution in [3.8, 4) is 0 Å².